The van der Waals surface area contributed by atoms with Gasteiger partial charge in [0.1, 0.15) is 0 Å². The van der Waals surface area contributed by atoms with Gasteiger partial charge in [0, 0.05) is 71.6 Å². The SMILES string of the molecule is Cc1ccc(-c2nc(-c3ccc(C)cc3)c(C)c(-c3ccc(-n4c5cc(-n6c7ccccc7c7ccc(-c8ccccc8)cc76)ccc5c5ccc(-n6c7ccccc7c7ccc(-c8ccccc8)cc76)cc54)cc3)n2)cc1. The van der Waals surface area contributed by atoms with E-state index in [1.165, 1.54) is 87.8 Å². The number of fused-ring (bicyclic) bond motifs is 9. The fraction of sp³-hybridized carbons (Fsp3) is 0.0411. The van der Waals surface area contributed by atoms with Crippen LogP contribution >= 0.6 is 0 Å². The monoisotopic (exact) mass is 997 g/mol. The van der Waals surface area contributed by atoms with Crippen molar-refractivity contribution in [3.8, 4) is 73.2 Å². The van der Waals surface area contributed by atoms with Gasteiger partial charge < -0.3 is 13.7 Å². The molecule has 5 heteroatoms. The Morgan fingerprint density at radius 3 is 1.04 bits per heavy atom. The van der Waals surface area contributed by atoms with Gasteiger partial charge in [-0.1, -0.05) is 205 Å². The minimum absolute atomic E-state index is 0.708. The van der Waals surface area contributed by atoms with Crippen LogP contribution in [0.1, 0.15) is 16.7 Å². The van der Waals surface area contributed by atoms with Crippen LogP contribution in [-0.2, 0) is 0 Å². The number of nitrogens with zero attached hydrogens (tertiary/aromatic N) is 5. The van der Waals surface area contributed by atoms with Gasteiger partial charge in [0.15, 0.2) is 5.82 Å². The molecule has 4 heterocycles. The molecule has 0 N–H and O–H groups in total. The Morgan fingerprint density at radius 1 is 0.244 bits per heavy atom. The number of rotatable bonds is 8. The highest BCUT2D eigenvalue weighted by atomic mass is 15.0. The van der Waals surface area contributed by atoms with E-state index in [0.717, 1.165) is 61.7 Å². The van der Waals surface area contributed by atoms with Crippen LogP contribution in [0.4, 0.5) is 0 Å². The van der Waals surface area contributed by atoms with Gasteiger partial charge in [-0.2, -0.15) is 0 Å². The van der Waals surface area contributed by atoms with E-state index in [-0.39, 0.29) is 0 Å². The molecule has 0 radical (unpaired) electrons. The molecule has 0 aliphatic heterocycles. The largest absolute Gasteiger partial charge is 0.309 e. The zero-order chi connectivity index (χ0) is 52.0. The predicted molar refractivity (Wildman–Crippen MR) is 326 cm³/mol. The summed E-state index contributed by atoms with van der Waals surface area (Å²) in [4.78, 5) is 10.6. The lowest BCUT2D eigenvalue weighted by atomic mass is 9.99. The third-order valence-electron chi connectivity index (χ3n) is 16.0. The van der Waals surface area contributed by atoms with E-state index in [1.807, 2.05) is 0 Å². The van der Waals surface area contributed by atoms with Gasteiger partial charge in [-0.15, -0.1) is 0 Å². The summed E-state index contributed by atoms with van der Waals surface area (Å²) in [6.07, 6.45) is 0. The molecule has 5 nitrogen and oxygen atoms in total. The van der Waals surface area contributed by atoms with Crippen molar-refractivity contribution >= 4 is 65.4 Å². The van der Waals surface area contributed by atoms with E-state index in [2.05, 4.69) is 289 Å². The smallest absolute Gasteiger partial charge is 0.160 e. The number of hydrogen-bond acceptors (Lipinski definition) is 2. The summed E-state index contributed by atoms with van der Waals surface area (Å²) in [7, 11) is 0. The molecule has 0 aliphatic carbocycles. The van der Waals surface area contributed by atoms with E-state index in [9.17, 15) is 0 Å². The molecule has 0 fully saturated rings. The third kappa shape index (κ3) is 7.38. The molecule has 0 saturated carbocycles. The van der Waals surface area contributed by atoms with Crippen molar-refractivity contribution < 1.29 is 0 Å². The first-order valence-electron chi connectivity index (χ1n) is 26.8. The van der Waals surface area contributed by atoms with Gasteiger partial charge >= 0.3 is 0 Å². The molecule has 0 spiro atoms. The Hall–Kier alpha value is -10.1. The van der Waals surface area contributed by atoms with Gasteiger partial charge in [0.25, 0.3) is 0 Å². The summed E-state index contributed by atoms with van der Waals surface area (Å²) in [6.45, 7) is 6.39. The van der Waals surface area contributed by atoms with Crippen LogP contribution in [0.15, 0.2) is 255 Å². The maximum absolute atomic E-state index is 5.35. The van der Waals surface area contributed by atoms with E-state index in [4.69, 9.17) is 9.97 Å². The van der Waals surface area contributed by atoms with Gasteiger partial charge in [-0.25, -0.2) is 9.97 Å². The van der Waals surface area contributed by atoms with Gasteiger partial charge in [-0.3, -0.25) is 0 Å². The minimum atomic E-state index is 0.708. The second-order valence-corrected chi connectivity index (χ2v) is 20.8. The molecule has 0 amide bonds. The lowest BCUT2D eigenvalue weighted by molar-refractivity contribution is 1.14. The van der Waals surface area contributed by atoms with Crippen LogP contribution in [0.2, 0.25) is 0 Å². The van der Waals surface area contributed by atoms with E-state index >= 15 is 0 Å². The Morgan fingerprint density at radius 2 is 0.577 bits per heavy atom. The van der Waals surface area contributed by atoms with Crippen molar-refractivity contribution in [1.82, 2.24) is 23.7 Å². The van der Waals surface area contributed by atoms with Crippen LogP contribution in [0.3, 0.4) is 0 Å². The summed E-state index contributed by atoms with van der Waals surface area (Å²) in [5.41, 5.74) is 23.3. The molecule has 0 saturated heterocycles. The van der Waals surface area contributed by atoms with Gasteiger partial charge in [0.05, 0.1) is 44.5 Å². The summed E-state index contributed by atoms with van der Waals surface area (Å²) < 4.78 is 7.37. The summed E-state index contributed by atoms with van der Waals surface area (Å²) in [6, 6.07) is 93.0. The van der Waals surface area contributed by atoms with Crippen molar-refractivity contribution in [2.75, 3.05) is 0 Å². The molecular formula is C73H51N5. The Kier molecular flexibility index (Phi) is 10.5. The lowest BCUT2D eigenvalue weighted by Gasteiger charge is -2.15. The van der Waals surface area contributed by atoms with Gasteiger partial charge in [0.2, 0.25) is 0 Å². The Labute approximate surface area is 452 Å². The second kappa shape index (κ2) is 18.0. The number of aryl methyl sites for hydroxylation is 2. The van der Waals surface area contributed by atoms with Crippen LogP contribution in [0.25, 0.3) is 139 Å². The highest BCUT2D eigenvalue weighted by Crippen LogP contribution is 2.42. The summed E-state index contributed by atoms with van der Waals surface area (Å²) in [5.74, 6) is 0.708. The highest BCUT2D eigenvalue weighted by Gasteiger charge is 2.22. The fourth-order valence-corrected chi connectivity index (χ4v) is 12.1. The molecule has 11 aromatic carbocycles. The van der Waals surface area contributed by atoms with Crippen molar-refractivity contribution in [3.05, 3.63) is 271 Å². The van der Waals surface area contributed by atoms with Crippen molar-refractivity contribution in [1.29, 1.82) is 0 Å². The number of aromatic nitrogens is 5. The first-order chi connectivity index (χ1) is 38.4. The first-order valence-corrected chi connectivity index (χ1v) is 26.8. The standard InChI is InChI=1S/C73H51N5/c1-46-22-26-51(27-23-46)71-48(3)72(75-73(74-71)53-28-24-47(2)25-29-53)52-30-34-56(35-31-52)76-69-44-57(77-65-20-12-10-18-59(65)61-38-32-54(42-67(61)77)49-14-6-4-7-15-49)36-40-63(69)64-41-37-58(45-70(64)76)78-66-21-13-11-19-60(66)62-39-33-55(43-68(62)78)50-16-8-5-9-17-50/h4-45H,1-3H3. The molecule has 0 atom stereocenters. The minimum Gasteiger partial charge on any atom is -0.309 e. The molecule has 15 rings (SSSR count). The quantitative estimate of drug-likeness (QED) is 0.152. The molecule has 4 aromatic heterocycles. The average molecular weight is 998 g/mol. The third-order valence-corrected chi connectivity index (χ3v) is 16.0. The second-order valence-electron chi connectivity index (χ2n) is 20.8. The molecular weight excluding hydrogens is 947 g/mol. The Bertz CT molecular complexity index is 4610. The molecule has 15 aromatic rings. The van der Waals surface area contributed by atoms with Crippen LogP contribution in [-0.4, -0.2) is 23.7 Å². The molecule has 368 valence electrons. The number of hydrogen-bond donors (Lipinski definition) is 0. The van der Waals surface area contributed by atoms with Crippen LogP contribution in [0.5, 0.6) is 0 Å². The number of para-hydroxylation sites is 2. The maximum Gasteiger partial charge on any atom is 0.160 e. The summed E-state index contributed by atoms with van der Waals surface area (Å²) >= 11 is 0. The molecule has 0 unspecified atom stereocenters. The number of benzene rings is 11. The van der Waals surface area contributed by atoms with E-state index in [0.29, 0.717) is 5.82 Å². The predicted octanol–water partition coefficient (Wildman–Crippen LogP) is 19.0. The van der Waals surface area contributed by atoms with Crippen molar-refractivity contribution in [2.24, 2.45) is 0 Å². The average Bonchev–Trinajstić information content (AvgIpc) is 4.35. The molecule has 78 heavy (non-hydrogen) atoms. The summed E-state index contributed by atoms with van der Waals surface area (Å²) in [5, 5.41) is 7.27. The first kappa shape index (κ1) is 45.3. The fourth-order valence-electron chi connectivity index (χ4n) is 12.1. The zero-order valence-electron chi connectivity index (χ0n) is 43.5. The van der Waals surface area contributed by atoms with Crippen LogP contribution < -0.4 is 0 Å². The van der Waals surface area contributed by atoms with E-state index < -0.39 is 0 Å². The van der Waals surface area contributed by atoms with Crippen molar-refractivity contribution in [3.63, 3.8) is 0 Å². The maximum atomic E-state index is 5.35. The van der Waals surface area contributed by atoms with Gasteiger partial charge in [-0.05, 0) is 104 Å². The van der Waals surface area contributed by atoms with Crippen LogP contribution in [0, 0.1) is 20.8 Å². The van der Waals surface area contributed by atoms with Crippen molar-refractivity contribution in [2.45, 2.75) is 20.8 Å². The zero-order valence-corrected chi connectivity index (χ0v) is 43.5. The Balaban J connectivity index is 0.962. The highest BCUT2D eigenvalue weighted by molar-refractivity contribution is 6.14. The normalized spacial score (nSPS) is 11.8. The lowest BCUT2D eigenvalue weighted by Crippen LogP contribution is -2.01. The molecule has 0 bridgehead atoms. The molecule has 0 aliphatic rings. The topological polar surface area (TPSA) is 40.6 Å². The van der Waals surface area contributed by atoms with E-state index in [1.54, 1.807) is 0 Å².